The molecule has 0 saturated heterocycles. The second kappa shape index (κ2) is 4.54. The molecule has 0 amide bonds. The van der Waals surface area contributed by atoms with E-state index in [-0.39, 0.29) is 6.47 Å². The highest BCUT2D eigenvalue weighted by Crippen LogP contribution is 2.37. The summed E-state index contributed by atoms with van der Waals surface area (Å²) in [6, 6.07) is 1.94. The summed E-state index contributed by atoms with van der Waals surface area (Å²) in [5, 5.41) is 6.89. The zero-order valence-electron chi connectivity index (χ0n) is 7.47. The first-order chi connectivity index (χ1) is 6.27. The van der Waals surface area contributed by atoms with Crippen LogP contribution in [0.25, 0.3) is 0 Å². The molecule has 1 fully saturated rings. The number of aryl methyl sites for hydroxylation is 1. The van der Waals surface area contributed by atoms with E-state index in [4.69, 9.17) is 9.90 Å². The molecule has 0 unspecified atom stereocenters. The van der Waals surface area contributed by atoms with E-state index in [1.54, 1.807) is 0 Å². The van der Waals surface area contributed by atoms with E-state index in [9.17, 15) is 0 Å². The van der Waals surface area contributed by atoms with Crippen LogP contribution in [0.3, 0.4) is 0 Å². The molecule has 13 heavy (non-hydrogen) atoms. The minimum atomic E-state index is -0.250. The van der Waals surface area contributed by atoms with Crippen LogP contribution < -0.4 is 0 Å². The molecule has 4 nitrogen and oxygen atoms in total. The van der Waals surface area contributed by atoms with Crippen LogP contribution >= 0.6 is 0 Å². The minimum Gasteiger partial charge on any atom is -0.483 e. The maximum atomic E-state index is 8.36. The molecule has 1 aliphatic carbocycles. The quantitative estimate of drug-likeness (QED) is 0.663. The van der Waals surface area contributed by atoms with E-state index in [1.807, 2.05) is 19.2 Å². The lowest BCUT2D eigenvalue weighted by molar-refractivity contribution is -0.122. The molecular formula is C9H12N2O2. The Bertz CT molecular complexity index is 285. The summed E-state index contributed by atoms with van der Waals surface area (Å²) in [4.78, 5) is 16.9. The van der Waals surface area contributed by atoms with Crippen LogP contribution in [0.5, 0.6) is 0 Å². The first kappa shape index (κ1) is 9.64. The van der Waals surface area contributed by atoms with Gasteiger partial charge in [-0.3, -0.25) is 4.79 Å². The molecule has 0 spiro atoms. The van der Waals surface area contributed by atoms with Crippen LogP contribution in [0, 0.1) is 6.92 Å². The lowest BCUT2D eigenvalue weighted by atomic mass is 10.3. The fourth-order valence-corrected chi connectivity index (χ4v) is 1.01. The average Bonchev–Trinajstić information content (AvgIpc) is 2.87. The van der Waals surface area contributed by atoms with E-state index in [2.05, 4.69) is 9.97 Å². The van der Waals surface area contributed by atoms with Crippen molar-refractivity contribution in [3.8, 4) is 0 Å². The molecule has 0 aromatic carbocycles. The average molecular weight is 180 g/mol. The fraction of sp³-hybridized carbons (Fsp3) is 0.444. The largest absolute Gasteiger partial charge is 0.483 e. The number of aromatic nitrogens is 2. The Labute approximate surface area is 76.7 Å². The summed E-state index contributed by atoms with van der Waals surface area (Å²) in [5.41, 5.74) is 1.08. The molecule has 4 heteroatoms. The van der Waals surface area contributed by atoms with Crippen molar-refractivity contribution in [3.05, 3.63) is 23.8 Å². The van der Waals surface area contributed by atoms with Gasteiger partial charge in [0.25, 0.3) is 6.47 Å². The Morgan fingerprint density at radius 3 is 2.69 bits per heavy atom. The molecule has 0 aliphatic heterocycles. The number of hydrogen-bond donors (Lipinski definition) is 1. The van der Waals surface area contributed by atoms with Crippen LogP contribution in [-0.4, -0.2) is 21.5 Å². The van der Waals surface area contributed by atoms with Gasteiger partial charge in [-0.05, 0) is 25.8 Å². The van der Waals surface area contributed by atoms with Gasteiger partial charge in [-0.25, -0.2) is 9.97 Å². The van der Waals surface area contributed by atoms with Crippen molar-refractivity contribution in [2.24, 2.45) is 0 Å². The molecule has 1 aromatic heterocycles. The van der Waals surface area contributed by atoms with E-state index >= 15 is 0 Å². The van der Waals surface area contributed by atoms with Crippen molar-refractivity contribution in [2.75, 3.05) is 0 Å². The molecule has 0 bridgehead atoms. The molecule has 1 heterocycles. The van der Waals surface area contributed by atoms with Crippen molar-refractivity contribution in [2.45, 2.75) is 25.7 Å². The van der Waals surface area contributed by atoms with Gasteiger partial charge in [0, 0.05) is 17.8 Å². The van der Waals surface area contributed by atoms with E-state index in [0.717, 1.165) is 11.5 Å². The van der Waals surface area contributed by atoms with Gasteiger partial charge < -0.3 is 5.11 Å². The number of nitrogens with zero attached hydrogens (tertiary/aromatic N) is 2. The predicted octanol–water partition coefficient (Wildman–Crippen LogP) is 1.36. The second-order valence-corrected chi connectivity index (χ2v) is 2.94. The zero-order chi connectivity index (χ0) is 9.68. The van der Waals surface area contributed by atoms with Crippen molar-refractivity contribution in [1.29, 1.82) is 0 Å². The monoisotopic (exact) mass is 180 g/mol. The van der Waals surface area contributed by atoms with E-state index in [0.29, 0.717) is 5.92 Å². The first-order valence-corrected chi connectivity index (χ1v) is 4.15. The van der Waals surface area contributed by atoms with Crippen molar-refractivity contribution in [3.63, 3.8) is 0 Å². The lowest BCUT2D eigenvalue weighted by Crippen LogP contribution is -1.92. The first-order valence-electron chi connectivity index (χ1n) is 4.15. The number of carboxylic acid groups (broad SMARTS) is 1. The Kier molecular flexibility index (Phi) is 3.37. The standard InChI is InChI=1S/C8H10N2.CH2O2/c1-6-4-5-9-8(10-6)7-2-3-7;2-1-3/h4-5,7H,2-3H2,1H3;1H,(H,2,3). The smallest absolute Gasteiger partial charge is 0.290 e. The Morgan fingerprint density at radius 1 is 1.62 bits per heavy atom. The highest BCUT2D eigenvalue weighted by molar-refractivity contribution is 5.32. The highest BCUT2D eigenvalue weighted by atomic mass is 16.3. The van der Waals surface area contributed by atoms with Crippen LogP contribution in [0.4, 0.5) is 0 Å². The summed E-state index contributed by atoms with van der Waals surface area (Å²) in [6.45, 7) is 1.76. The fourth-order valence-electron chi connectivity index (χ4n) is 1.01. The molecule has 1 N–H and O–H groups in total. The molecule has 2 rings (SSSR count). The molecule has 70 valence electrons. The summed E-state index contributed by atoms with van der Waals surface area (Å²) in [6.07, 6.45) is 4.41. The normalized spacial score (nSPS) is 14.2. The third-order valence-corrected chi connectivity index (χ3v) is 1.76. The van der Waals surface area contributed by atoms with Crippen LogP contribution in [0.2, 0.25) is 0 Å². The van der Waals surface area contributed by atoms with Crippen LogP contribution in [-0.2, 0) is 4.79 Å². The Hall–Kier alpha value is -1.45. The van der Waals surface area contributed by atoms with Gasteiger partial charge in [0.15, 0.2) is 0 Å². The molecule has 1 aromatic rings. The summed E-state index contributed by atoms with van der Waals surface area (Å²) >= 11 is 0. The van der Waals surface area contributed by atoms with Crippen LogP contribution in [0.15, 0.2) is 12.3 Å². The van der Waals surface area contributed by atoms with Gasteiger partial charge in [0.2, 0.25) is 0 Å². The molecule has 0 atom stereocenters. The summed E-state index contributed by atoms with van der Waals surface area (Å²) < 4.78 is 0. The van der Waals surface area contributed by atoms with Gasteiger partial charge in [0.1, 0.15) is 5.82 Å². The molecule has 1 saturated carbocycles. The molecule has 1 aliphatic rings. The van der Waals surface area contributed by atoms with Crippen molar-refractivity contribution < 1.29 is 9.90 Å². The number of hydrogen-bond acceptors (Lipinski definition) is 3. The van der Waals surface area contributed by atoms with Gasteiger partial charge in [-0.1, -0.05) is 0 Å². The summed E-state index contributed by atoms with van der Waals surface area (Å²) in [7, 11) is 0. The van der Waals surface area contributed by atoms with Crippen molar-refractivity contribution >= 4 is 6.47 Å². The molecule has 0 radical (unpaired) electrons. The highest BCUT2D eigenvalue weighted by Gasteiger charge is 2.25. The third kappa shape index (κ3) is 3.19. The number of carbonyl (C=O) groups is 1. The minimum absolute atomic E-state index is 0.250. The Morgan fingerprint density at radius 2 is 2.23 bits per heavy atom. The maximum absolute atomic E-state index is 8.36. The summed E-state index contributed by atoms with van der Waals surface area (Å²) in [5.74, 6) is 1.72. The molecular weight excluding hydrogens is 168 g/mol. The zero-order valence-corrected chi connectivity index (χ0v) is 7.47. The van der Waals surface area contributed by atoms with Crippen molar-refractivity contribution in [1.82, 2.24) is 9.97 Å². The SMILES string of the molecule is Cc1ccnc(C2CC2)n1.O=CO. The van der Waals surface area contributed by atoms with Gasteiger partial charge >= 0.3 is 0 Å². The number of rotatable bonds is 1. The maximum Gasteiger partial charge on any atom is 0.290 e. The second-order valence-electron chi connectivity index (χ2n) is 2.94. The van der Waals surface area contributed by atoms with E-state index in [1.165, 1.54) is 12.8 Å². The van der Waals surface area contributed by atoms with Gasteiger partial charge in [-0.2, -0.15) is 0 Å². The Balaban J connectivity index is 0.000000251. The topological polar surface area (TPSA) is 63.1 Å². The van der Waals surface area contributed by atoms with Gasteiger partial charge in [0.05, 0.1) is 0 Å². The van der Waals surface area contributed by atoms with Crippen LogP contribution in [0.1, 0.15) is 30.3 Å². The van der Waals surface area contributed by atoms with Gasteiger partial charge in [-0.15, -0.1) is 0 Å². The lowest BCUT2D eigenvalue weighted by Gasteiger charge is -1.95. The van der Waals surface area contributed by atoms with E-state index < -0.39 is 0 Å². The third-order valence-electron chi connectivity index (χ3n) is 1.76. The predicted molar refractivity (Wildman–Crippen MR) is 47.4 cm³/mol.